The van der Waals surface area contributed by atoms with Crippen molar-refractivity contribution in [1.82, 2.24) is 10.2 Å². The first-order valence-electron chi connectivity index (χ1n) is 10.2. The predicted molar refractivity (Wildman–Crippen MR) is 110 cm³/mol. The molecule has 2 fully saturated rings. The van der Waals surface area contributed by atoms with Crippen molar-refractivity contribution in [3.05, 3.63) is 66.2 Å². The van der Waals surface area contributed by atoms with E-state index in [9.17, 15) is 9.59 Å². The molecule has 1 saturated heterocycles. The van der Waals surface area contributed by atoms with Gasteiger partial charge in [-0.1, -0.05) is 48.5 Å². The maximum absolute atomic E-state index is 13.4. The van der Waals surface area contributed by atoms with Crippen LogP contribution in [0.4, 0.5) is 10.5 Å². The Kier molecular flexibility index (Phi) is 5.60. The minimum atomic E-state index is -0.0473. The minimum absolute atomic E-state index is 0.0256. The van der Waals surface area contributed by atoms with Gasteiger partial charge in [0.05, 0.1) is 6.54 Å². The Hall–Kier alpha value is -2.82. The number of nitrogens with one attached hydrogen (secondary N) is 1. The lowest BCUT2D eigenvalue weighted by molar-refractivity contribution is -0.123. The number of carbonyl (C=O) groups is 2. The monoisotopic (exact) mass is 377 g/mol. The number of piperidine rings is 1. The van der Waals surface area contributed by atoms with E-state index in [2.05, 4.69) is 5.32 Å². The molecule has 146 valence electrons. The van der Waals surface area contributed by atoms with Gasteiger partial charge in [-0.3, -0.25) is 4.79 Å². The number of benzene rings is 2. The highest BCUT2D eigenvalue weighted by Crippen LogP contribution is 2.26. The van der Waals surface area contributed by atoms with Crippen molar-refractivity contribution in [2.45, 2.75) is 38.3 Å². The molecule has 28 heavy (non-hydrogen) atoms. The normalized spacial score (nSPS) is 17.2. The Morgan fingerprint density at radius 1 is 0.893 bits per heavy atom. The third-order valence-corrected chi connectivity index (χ3v) is 5.55. The molecule has 1 saturated carbocycles. The van der Waals surface area contributed by atoms with Crippen molar-refractivity contribution in [2.24, 2.45) is 5.92 Å². The quantitative estimate of drug-likeness (QED) is 0.862. The molecule has 0 bridgehead atoms. The second kappa shape index (κ2) is 8.46. The molecule has 0 spiro atoms. The molecule has 3 amide bonds. The highest BCUT2D eigenvalue weighted by atomic mass is 16.2. The van der Waals surface area contributed by atoms with E-state index in [1.807, 2.05) is 70.5 Å². The summed E-state index contributed by atoms with van der Waals surface area (Å²) in [7, 11) is 0. The van der Waals surface area contributed by atoms with Crippen LogP contribution in [0.2, 0.25) is 0 Å². The molecular formula is C23H27N3O2. The summed E-state index contributed by atoms with van der Waals surface area (Å²) in [5.41, 5.74) is 2.03. The summed E-state index contributed by atoms with van der Waals surface area (Å²) >= 11 is 0. The third-order valence-electron chi connectivity index (χ3n) is 5.55. The van der Waals surface area contributed by atoms with Crippen molar-refractivity contribution >= 4 is 17.6 Å². The fourth-order valence-corrected chi connectivity index (χ4v) is 3.71. The molecule has 5 heteroatoms. The number of rotatable bonds is 5. The van der Waals surface area contributed by atoms with Crippen LogP contribution >= 0.6 is 0 Å². The van der Waals surface area contributed by atoms with E-state index in [4.69, 9.17) is 0 Å². The molecule has 0 atom stereocenters. The van der Waals surface area contributed by atoms with Gasteiger partial charge in [0, 0.05) is 30.7 Å². The molecular weight excluding hydrogens is 350 g/mol. The first-order valence-corrected chi connectivity index (χ1v) is 10.2. The van der Waals surface area contributed by atoms with Crippen molar-refractivity contribution in [3.63, 3.8) is 0 Å². The minimum Gasteiger partial charge on any atom is -0.335 e. The average molecular weight is 377 g/mol. The van der Waals surface area contributed by atoms with Gasteiger partial charge in [-0.05, 0) is 43.4 Å². The number of likely N-dealkylation sites (tertiary alicyclic amines) is 1. The molecule has 1 N–H and O–H groups in total. The molecule has 2 aliphatic rings. The molecule has 1 aliphatic carbocycles. The molecule has 0 radical (unpaired) electrons. The lowest BCUT2D eigenvalue weighted by atomic mass is 9.95. The van der Waals surface area contributed by atoms with Crippen LogP contribution in [0, 0.1) is 5.92 Å². The number of nitrogens with zero attached hydrogens (tertiary/aromatic N) is 2. The topological polar surface area (TPSA) is 52.7 Å². The first-order chi connectivity index (χ1) is 13.7. The number of anilines is 1. The lowest BCUT2D eigenvalue weighted by Crippen LogP contribution is -2.48. The number of hydrogen-bond acceptors (Lipinski definition) is 2. The average Bonchev–Trinajstić information content (AvgIpc) is 3.57. The Bertz CT molecular complexity index is 797. The summed E-state index contributed by atoms with van der Waals surface area (Å²) in [5, 5.41) is 3.04. The van der Waals surface area contributed by atoms with Crippen LogP contribution in [0.5, 0.6) is 0 Å². The van der Waals surface area contributed by atoms with E-state index in [-0.39, 0.29) is 17.9 Å². The molecule has 1 aliphatic heterocycles. The van der Waals surface area contributed by atoms with Crippen LogP contribution in [0.25, 0.3) is 0 Å². The Morgan fingerprint density at radius 2 is 1.50 bits per heavy atom. The zero-order valence-electron chi connectivity index (χ0n) is 16.1. The summed E-state index contributed by atoms with van der Waals surface area (Å²) in [6, 6.07) is 20.3. The number of para-hydroxylation sites is 1. The van der Waals surface area contributed by atoms with Crippen LogP contribution in [-0.4, -0.2) is 36.0 Å². The van der Waals surface area contributed by atoms with Crippen molar-refractivity contribution < 1.29 is 9.59 Å². The van der Waals surface area contributed by atoms with Crippen LogP contribution < -0.4 is 10.2 Å². The number of hydrogen-bond donors (Lipinski definition) is 1. The van der Waals surface area contributed by atoms with Gasteiger partial charge < -0.3 is 15.1 Å². The molecule has 4 rings (SSSR count). The van der Waals surface area contributed by atoms with E-state index in [1.54, 1.807) is 0 Å². The summed E-state index contributed by atoms with van der Waals surface area (Å²) in [6.45, 7) is 1.85. The van der Waals surface area contributed by atoms with Crippen LogP contribution in [0.1, 0.15) is 31.2 Å². The van der Waals surface area contributed by atoms with Gasteiger partial charge in [0.2, 0.25) is 5.91 Å². The largest absolute Gasteiger partial charge is 0.335 e. The maximum atomic E-state index is 13.4. The Balaban J connectivity index is 1.43. The lowest BCUT2D eigenvalue weighted by Gasteiger charge is -2.34. The van der Waals surface area contributed by atoms with Gasteiger partial charge in [-0.2, -0.15) is 0 Å². The highest BCUT2D eigenvalue weighted by Gasteiger charge is 2.32. The summed E-state index contributed by atoms with van der Waals surface area (Å²) in [6.07, 6.45) is 3.61. The van der Waals surface area contributed by atoms with Crippen molar-refractivity contribution in [3.8, 4) is 0 Å². The fraction of sp³-hybridized carbons (Fsp3) is 0.391. The summed E-state index contributed by atoms with van der Waals surface area (Å²) in [5.74, 6) is 0.103. The van der Waals surface area contributed by atoms with Gasteiger partial charge in [0.25, 0.3) is 0 Å². The third kappa shape index (κ3) is 4.53. The standard InChI is InChI=1S/C23H27N3O2/c27-22(19-13-15-25(16-14-19)23(28)24-20-11-12-20)26(21-9-5-2-6-10-21)17-18-7-3-1-4-8-18/h1-10,19-20H,11-17H2,(H,24,28). The Labute approximate surface area is 166 Å². The molecule has 0 unspecified atom stereocenters. The zero-order chi connectivity index (χ0) is 19.3. The Morgan fingerprint density at radius 3 is 2.11 bits per heavy atom. The highest BCUT2D eigenvalue weighted by molar-refractivity contribution is 5.95. The maximum Gasteiger partial charge on any atom is 0.317 e. The van der Waals surface area contributed by atoms with Crippen LogP contribution in [0.15, 0.2) is 60.7 Å². The summed E-state index contributed by atoms with van der Waals surface area (Å²) < 4.78 is 0. The smallest absolute Gasteiger partial charge is 0.317 e. The molecule has 5 nitrogen and oxygen atoms in total. The second-order valence-electron chi connectivity index (χ2n) is 7.73. The van der Waals surface area contributed by atoms with E-state index in [0.29, 0.717) is 25.7 Å². The van der Waals surface area contributed by atoms with E-state index >= 15 is 0 Å². The first kappa shape index (κ1) is 18.5. The second-order valence-corrected chi connectivity index (χ2v) is 7.73. The van der Waals surface area contributed by atoms with Gasteiger partial charge >= 0.3 is 6.03 Å². The zero-order valence-corrected chi connectivity index (χ0v) is 16.1. The van der Waals surface area contributed by atoms with Gasteiger partial charge in [-0.15, -0.1) is 0 Å². The van der Waals surface area contributed by atoms with Crippen LogP contribution in [-0.2, 0) is 11.3 Å². The molecule has 0 aromatic heterocycles. The van der Waals surface area contributed by atoms with Crippen LogP contribution in [0.3, 0.4) is 0 Å². The molecule has 2 aromatic rings. The van der Waals surface area contributed by atoms with E-state index < -0.39 is 0 Å². The molecule has 2 aromatic carbocycles. The van der Waals surface area contributed by atoms with E-state index in [0.717, 1.165) is 36.9 Å². The number of carbonyl (C=O) groups excluding carboxylic acids is 2. The number of urea groups is 1. The number of amides is 3. The SMILES string of the molecule is O=C(NC1CC1)N1CCC(C(=O)N(Cc2ccccc2)c2ccccc2)CC1. The van der Waals surface area contributed by atoms with Gasteiger partial charge in [0.15, 0.2) is 0 Å². The predicted octanol–water partition coefficient (Wildman–Crippen LogP) is 3.80. The van der Waals surface area contributed by atoms with Gasteiger partial charge in [0.1, 0.15) is 0 Å². The molecule has 1 heterocycles. The van der Waals surface area contributed by atoms with Crippen molar-refractivity contribution in [2.75, 3.05) is 18.0 Å². The fourth-order valence-electron chi connectivity index (χ4n) is 3.71. The van der Waals surface area contributed by atoms with E-state index in [1.165, 1.54) is 0 Å². The van der Waals surface area contributed by atoms with Gasteiger partial charge in [-0.25, -0.2) is 4.79 Å². The summed E-state index contributed by atoms with van der Waals surface area (Å²) in [4.78, 5) is 29.4. The van der Waals surface area contributed by atoms with Crippen molar-refractivity contribution in [1.29, 1.82) is 0 Å².